The van der Waals surface area contributed by atoms with Gasteiger partial charge in [0.15, 0.2) is 15.6 Å². The van der Waals surface area contributed by atoms with Gasteiger partial charge in [-0.1, -0.05) is 11.2 Å². The number of rotatable bonds is 6. The van der Waals surface area contributed by atoms with Gasteiger partial charge in [-0.3, -0.25) is 4.79 Å². The summed E-state index contributed by atoms with van der Waals surface area (Å²) in [6, 6.07) is 1.74. The molecular weight excluding hydrogens is 280 g/mol. The highest BCUT2D eigenvalue weighted by Gasteiger charge is 2.41. The van der Waals surface area contributed by atoms with E-state index in [9.17, 15) is 13.2 Å². The lowest BCUT2D eigenvalue weighted by molar-refractivity contribution is -0.120. The third-order valence-electron chi connectivity index (χ3n) is 3.58. The molecule has 0 aromatic carbocycles. The van der Waals surface area contributed by atoms with E-state index < -0.39 is 20.5 Å². The Morgan fingerprint density at radius 2 is 2.15 bits per heavy atom. The fourth-order valence-corrected chi connectivity index (χ4v) is 2.45. The topological polar surface area (TPSA) is 103 Å². The molecule has 20 heavy (non-hydrogen) atoms. The van der Waals surface area contributed by atoms with Gasteiger partial charge in [0.1, 0.15) is 4.75 Å². The molecule has 6 nitrogen and oxygen atoms in total. The maximum atomic E-state index is 11.7. The lowest BCUT2D eigenvalue weighted by atomic mass is 10.0. The van der Waals surface area contributed by atoms with Gasteiger partial charge in [-0.25, -0.2) is 8.42 Å². The smallest absolute Gasteiger partial charge is 0.238 e. The second kappa shape index (κ2) is 5.78. The molecule has 0 saturated heterocycles. The summed E-state index contributed by atoms with van der Waals surface area (Å²) in [6.45, 7) is 5.10. The SMILES string of the molecule is C/C=C(/C)c1cc(CC[C@](C)(C(N)=O)S(C)(=O)=O)no1. The molecule has 1 heterocycles. The highest BCUT2D eigenvalue weighted by molar-refractivity contribution is 7.92. The Bertz CT molecular complexity index is 631. The van der Waals surface area contributed by atoms with Crippen molar-refractivity contribution in [2.75, 3.05) is 6.26 Å². The molecule has 1 rings (SSSR count). The van der Waals surface area contributed by atoms with Gasteiger partial charge in [0, 0.05) is 12.3 Å². The zero-order valence-corrected chi connectivity index (χ0v) is 13.0. The van der Waals surface area contributed by atoms with Crippen molar-refractivity contribution < 1.29 is 17.7 Å². The standard InChI is InChI=1S/C13H20N2O4S/c1-5-9(2)11-8-10(15-19-11)6-7-13(3,12(14)16)20(4,17)18/h5,8H,6-7H2,1-4H3,(H2,14,16)/b9-5-/t13-/m1/s1. The van der Waals surface area contributed by atoms with E-state index >= 15 is 0 Å². The van der Waals surface area contributed by atoms with Crippen LogP contribution in [0.25, 0.3) is 5.57 Å². The Balaban J connectivity index is 2.90. The normalized spacial score (nSPS) is 15.9. The number of nitrogens with zero attached hydrogens (tertiary/aromatic N) is 1. The molecule has 1 aromatic heterocycles. The van der Waals surface area contributed by atoms with Gasteiger partial charge in [0.25, 0.3) is 0 Å². The lowest BCUT2D eigenvalue weighted by Crippen LogP contribution is -2.47. The molecule has 1 aromatic rings. The van der Waals surface area contributed by atoms with E-state index in [0.717, 1.165) is 11.8 Å². The summed E-state index contributed by atoms with van der Waals surface area (Å²) < 4.78 is 27.0. The minimum Gasteiger partial charge on any atom is -0.368 e. The molecule has 2 N–H and O–H groups in total. The molecule has 0 aliphatic carbocycles. The summed E-state index contributed by atoms with van der Waals surface area (Å²) in [5, 5.41) is 3.87. The van der Waals surface area contributed by atoms with E-state index in [1.54, 1.807) is 6.07 Å². The van der Waals surface area contributed by atoms with Crippen molar-refractivity contribution in [2.45, 2.75) is 38.4 Å². The Labute approximate surface area is 118 Å². The van der Waals surface area contributed by atoms with Gasteiger partial charge in [0.2, 0.25) is 5.91 Å². The third-order valence-corrected chi connectivity index (χ3v) is 5.62. The van der Waals surface area contributed by atoms with E-state index in [1.165, 1.54) is 6.92 Å². The molecule has 0 radical (unpaired) electrons. The lowest BCUT2D eigenvalue weighted by Gasteiger charge is -2.23. The number of carbonyl (C=O) groups is 1. The maximum Gasteiger partial charge on any atom is 0.238 e. The molecule has 0 unspecified atom stereocenters. The van der Waals surface area contributed by atoms with Crippen molar-refractivity contribution in [3.63, 3.8) is 0 Å². The Morgan fingerprint density at radius 1 is 1.55 bits per heavy atom. The van der Waals surface area contributed by atoms with Crippen LogP contribution in [0.2, 0.25) is 0 Å². The van der Waals surface area contributed by atoms with Crippen molar-refractivity contribution in [2.24, 2.45) is 5.73 Å². The van der Waals surface area contributed by atoms with Crippen molar-refractivity contribution >= 4 is 21.3 Å². The van der Waals surface area contributed by atoms with Crippen LogP contribution in [0, 0.1) is 0 Å². The van der Waals surface area contributed by atoms with Gasteiger partial charge in [-0.05, 0) is 39.2 Å². The number of hydrogen-bond acceptors (Lipinski definition) is 5. The quantitative estimate of drug-likeness (QED) is 0.853. The van der Waals surface area contributed by atoms with Crippen molar-refractivity contribution in [1.82, 2.24) is 5.16 Å². The molecule has 1 atom stereocenters. The zero-order chi connectivity index (χ0) is 15.6. The maximum absolute atomic E-state index is 11.7. The van der Waals surface area contributed by atoms with Crippen LogP contribution < -0.4 is 5.73 Å². The summed E-state index contributed by atoms with van der Waals surface area (Å²) >= 11 is 0. The average molecular weight is 300 g/mol. The van der Waals surface area contributed by atoms with E-state index in [-0.39, 0.29) is 6.42 Å². The second-order valence-corrected chi connectivity index (χ2v) is 7.47. The molecule has 1 amide bonds. The number of amides is 1. The predicted octanol–water partition coefficient (Wildman–Crippen LogP) is 1.32. The van der Waals surface area contributed by atoms with Crippen LogP contribution in [0.5, 0.6) is 0 Å². The molecule has 7 heteroatoms. The fraction of sp³-hybridized carbons (Fsp3) is 0.538. The summed E-state index contributed by atoms with van der Waals surface area (Å²) in [4.78, 5) is 11.4. The number of hydrogen-bond donors (Lipinski definition) is 1. The van der Waals surface area contributed by atoms with Crippen LogP contribution >= 0.6 is 0 Å². The van der Waals surface area contributed by atoms with Crippen LogP contribution in [0.15, 0.2) is 16.7 Å². The average Bonchev–Trinajstić information content (AvgIpc) is 2.82. The first-order valence-electron chi connectivity index (χ1n) is 6.20. The zero-order valence-electron chi connectivity index (χ0n) is 12.1. The predicted molar refractivity (Wildman–Crippen MR) is 76.6 cm³/mol. The first kappa shape index (κ1) is 16.4. The summed E-state index contributed by atoms with van der Waals surface area (Å²) in [5.41, 5.74) is 6.75. The van der Waals surface area contributed by atoms with Gasteiger partial charge in [-0.2, -0.15) is 0 Å². The molecule has 0 aliphatic rings. The molecule has 0 spiro atoms. The van der Waals surface area contributed by atoms with Gasteiger partial charge < -0.3 is 10.3 Å². The summed E-state index contributed by atoms with van der Waals surface area (Å²) in [5.74, 6) is -0.226. The first-order chi connectivity index (χ1) is 9.11. The number of primary amides is 1. The van der Waals surface area contributed by atoms with Gasteiger partial charge >= 0.3 is 0 Å². The van der Waals surface area contributed by atoms with E-state index in [0.29, 0.717) is 17.9 Å². The van der Waals surface area contributed by atoms with Crippen LogP contribution in [0.1, 0.15) is 38.6 Å². The fourth-order valence-electron chi connectivity index (χ4n) is 1.62. The third kappa shape index (κ3) is 3.27. The van der Waals surface area contributed by atoms with Crippen molar-refractivity contribution in [3.8, 4) is 0 Å². The van der Waals surface area contributed by atoms with Crippen molar-refractivity contribution in [1.29, 1.82) is 0 Å². The molecule has 0 aliphatic heterocycles. The van der Waals surface area contributed by atoms with Crippen LogP contribution in [-0.4, -0.2) is 30.5 Å². The molecule has 0 saturated carbocycles. The Morgan fingerprint density at radius 3 is 2.60 bits per heavy atom. The van der Waals surface area contributed by atoms with Crippen LogP contribution in [0.4, 0.5) is 0 Å². The first-order valence-corrected chi connectivity index (χ1v) is 8.09. The van der Waals surface area contributed by atoms with Crippen LogP contribution in [-0.2, 0) is 21.1 Å². The van der Waals surface area contributed by atoms with E-state index in [1.807, 2.05) is 19.9 Å². The molecule has 0 bridgehead atoms. The number of nitrogens with two attached hydrogens (primary N) is 1. The number of allylic oxidation sites excluding steroid dienone is 2. The highest BCUT2D eigenvalue weighted by atomic mass is 32.2. The number of aryl methyl sites for hydroxylation is 1. The Kier molecular flexibility index (Phi) is 4.75. The largest absolute Gasteiger partial charge is 0.368 e. The van der Waals surface area contributed by atoms with Gasteiger partial charge in [0.05, 0.1) is 5.69 Å². The molecule has 0 fully saturated rings. The van der Waals surface area contributed by atoms with Gasteiger partial charge in [-0.15, -0.1) is 0 Å². The van der Waals surface area contributed by atoms with Crippen LogP contribution in [0.3, 0.4) is 0 Å². The number of carbonyl (C=O) groups excluding carboxylic acids is 1. The minimum absolute atomic E-state index is 0.0715. The van der Waals surface area contributed by atoms with E-state index in [2.05, 4.69) is 5.16 Å². The summed E-state index contributed by atoms with van der Waals surface area (Å²) in [6.07, 6.45) is 3.26. The summed E-state index contributed by atoms with van der Waals surface area (Å²) in [7, 11) is -3.59. The monoisotopic (exact) mass is 300 g/mol. The second-order valence-electron chi connectivity index (χ2n) is 5.02. The Hall–Kier alpha value is -1.63. The minimum atomic E-state index is -3.59. The van der Waals surface area contributed by atoms with E-state index in [4.69, 9.17) is 10.3 Å². The molecule has 112 valence electrons. The number of sulfone groups is 1. The highest BCUT2D eigenvalue weighted by Crippen LogP contribution is 2.23. The van der Waals surface area contributed by atoms with Crippen molar-refractivity contribution in [3.05, 3.63) is 23.6 Å². The number of aromatic nitrogens is 1. The molecular formula is C13H20N2O4S.